The van der Waals surface area contributed by atoms with Gasteiger partial charge in [-0.15, -0.1) is 0 Å². The summed E-state index contributed by atoms with van der Waals surface area (Å²) in [6.07, 6.45) is 4.44. The van der Waals surface area contributed by atoms with Crippen molar-refractivity contribution in [3.05, 3.63) is 40.6 Å². The average molecular weight is 320 g/mol. The first-order chi connectivity index (χ1) is 9.25. The first-order valence-electron chi connectivity index (χ1n) is 6.76. The molecule has 1 aliphatic rings. The van der Waals surface area contributed by atoms with Crippen LogP contribution >= 0.6 is 15.9 Å². The smallest absolute Gasteiger partial charge is 0.0647 e. The molecule has 3 rings (SSSR count). The van der Waals surface area contributed by atoms with Gasteiger partial charge < -0.3 is 5.32 Å². The minimum atomic E-state index is 0.498. The molecule has 4 heteroatoms. The molecular formula is C15H18BrN3. The SMILES string of the molecule is Cc1c(-c2ccc(Br)cc2)cnn1C1CCCNC1. The molecule has 1 aliphatic heterocycles. The molecule has 1 fully saturated rings. The van der Waals surface area contributed by atoms with Gasteiger partial charge >= 0.3 is 0 Å². The lowest BCUT2D eigenvalue weighted by Gasteiger charge is -2.24. The van der Waals surface area contributed by atoms with Gasteiger partial charge in [0.2, 0.25) is 0 Å². The number of benzene rings is 1. The summed E-state index contributed by atoms with van der Waals surface area (Å²) in [5.41, 5.74) is 3.73. The number of hydrogen-bond acceptors (Lipinski definition) is 2. The highest BCUT2D eigenvalue weighted by atomic mass is 79.9. The van der Waals surface area contributed by atoms with Gasteiger partial charge in [0.15, 0.2) is 0 Å². The number of aromatic nitrogens is 2. The Morgan fingerprint density at radius 3 is 2.79 bits per heavy atom. The van der Waals surface area contributed by atoms with Gasteiger partial charge in [-0.1, -0.05) is 28.1 Å². The summed E-state index contributed by atoms with van der Waals surface area (Å²) < 4.78 is 3.29. The summed E-state index contributed by atoms with van der Waals surface area (Å²) in [5, 5.41) is 8.05. The van der Waals surface area contributed by atoms with Gasteiger partial charge in [0, 0.05) is 22.3 Å². The molecule has 1 saturated heterocycles. The highest BCUT2D eigenvalue weighted by molar-refractivity contribution is 9.10. The van der Waals surface area contributed by atoms with Crippen molar-refractivity contribution in [3.63, 3.8) is 0 Å². The standard InChI is InChI=1S/C15H18BrN3/c1-11-15(12-4-6-13(16)7-5-12)10-18-19(11)14-3-2-8-17-9-14/h4-7,10,14,17H,2-3,8-9H2,1H3. The number of nitrogens with one attached hydrogen (secondary N) is 1. The van der Waals surface area contributed by atoms with Gasteiger partial charge in [0.25, 0.3) is 0 Å². The minimum Gasteiger partial charge on any atom is -0.315 e. The van der Waals surface area contributed by atoms with E-state index in [0.29, 0.717) is 6.04 Å². The molecule has 1 aromatic heterocycles. The molecule has 1 N–H and O–H groups in total. The molecule has 0 spiro atoms. The molecule has 0 saturated carbocycles. The zero-order valence-electron chi connectivity index (χ0n) is 11.1. The van der Waals surface area contributed by atoms with Gasteiger partial charge in [0.05, 0.1) is 12.2 Å². The molecule has 0 aliphatic carbocycles. The Labute approximate surface area is 122 Å². The molecule has 0 amide bonds. The quantitative estimate of drug-likeness (QED) is 0.917. The molecule has 0 bridgehead atoms. The summed E-state index contributed by atoms with van der Waals surface area (Å²) in [7, 11) is 0. The normalized spacial score (nSPS) is 19.6. The first-order valence-corrected chi connectivity index (χ1v) is 7.56. The average Bonchev–Trinajstić information content (AvgIpc) is 2.83. The van der Waals surface area contributed by atoms with Crippen molar-refractivity contribution in [2.75, 3.05) is 13.1 Å². The maximum Gasteiger partial charge on any atom is 0.0647 e. The van der Waals surface area contributed by atoms with Crippen LogP contribution in [-0.4, -0.2) is 22.9 Å². The molecule has 1 atom stereocenters. The van der Waals surface area contributed by atoms with E-state index in [0.717, 1.165) is 17.6 Å². The van der Waals surface area contributed by atoms with Crippen molar-refractivity contribution in [3.8, 4) is 11.1 Å². The summed E-state index contributed by atoms with van der Waals surface area (Å²) in [6.45, 7) is 4.33. The molecule has 1 aromatic carbocycles. The van der Waals surface area contributed by atoms with E-state index in [1.54, 1.807) is 0 Å². The van der Waals surface area contributed by atoms with E-state index in [9.17, 15) is 0 Å². The fraction of sp³-hybridized carbons (Fsp3) is 0.400. The van der Waals surface area contributed by atoms with Gasteiger partial charge in [-0.3, -0.25) is 4.68 Å². The van der Waals surface area contributed by atoms with Gasteiger partial charge in [-0.05, 0) is 44.0 Å². The van der Waals surface area contributed by atoms with E-state index in [-0.39, 0.29) is 0 Å². The van der Waals surface area contributed by atoms with Crippen LogP contribution in [0, 0.1) is 6.92 Å². The predicted octanol–water partition coefficient (Wildman–Crippen LogP) is 3.55. The van der Waals surface area contributed by atoms with Gasteiger partial charge in [-0.25, -0.2) is 0 Å². The van der Waals surface area contributed by atoms with E-state index in [1.807, 2.05) is 6.20 Å². The van der Waals surface area contributed by atoms with Crippen molar-refractivity contribution >= 4 is 15.9 Å². The second-order valence-corrected chi connectivity index (χ2v) is 6.01. The van der Waals surface area contributed by atoms with Crippen LogP contribution in [0.4, 0.5) is 0 Å². The molecular weight excluding hydrogens is 302 g/mol. The number of halogens is 1. The van der Waals surface area contributed by atoms with Crippen molar-refractivity contribution in [2.24, 2.45) is 0 Å². The van der Waals surface area contributed by atoms with E-state index in [4.69, 9.17) is 0 Å². The minimum absolute atomic E-state index is 0.498. The van der Waals surface area contributed by atoms with Crippen molar-refractivity contribution in [2.45, 2.75) is 25.8 Å². The molecule has 2 aromatic rings. The third-order valence-corrected chi connectivity index (χ3v) is 4.35. The Bertz CT molecular complexity index is 553. The summed E-state index contributed by atoms with van der Waals surface area (Å²) in [4.78, 5) is 0. The van der Waals surface area contributed by atoms with E-state index in [2.05, 4.69) is 62.2 Å². The van der Waals surface area contributed by atoms with Crippen LogP contribution in [0.1, 0.15) is 24.6 Å². The largest absolute Gasteiger partial charge is 0.315 e. The zero-order chi connectivity index (χ0) is 13.2. The summed E-state index contributed by atoms with van der Waals surface area (Å²) >= 11 is 3.48. The molecule has 0 radical (unpaired) electrons. The molecule has 100 valence electrons. The maximum absolute atomic E-state index is 4.60. The Balaban J connectivity index is 1.91. The van der Waals surface area contributed by atoms with Crippen molar-refractivity contribution in [1.29, 1.82) is 0 Å². The molecule has 19 heavy (non-hydrogen) atoms. The third kappa shape index (κ3) is 2.60. The van der Waals surface area contributed by atoms with Crippen LogP contribution in [0.15, 0.2) is 34.9 Å². The maximum atomic E-state index is 4.60. The second-order valence-electron chi connectivity index (χ2n) is 5.10. The lowest BCUT2D eigenvalue weighted by Crippen LogP contribution is -2.32. The number of piperidine rings is 1. The fourth-order valence-corrected chi connectivity index (χ4v) is 3.01. The Morgan fingerprint density at radius 1 is 1.32 bits per heavy atom. The summed E-state index contributed by atoms with van der Waals surface area (Å²) in [5.74, 6) is 0. The number of rotatable bonds is 2. The fourth-order valence-electron chi connectivity index (χ4n) is 2.75. The molecule has 1 unspecified atom stereocenters. The zero-order valence-corrected chi connectivity index (χ0v) is 12.7. The van der Waals surface area contributed by atoms with Crippen LogP contribution in [0.5, 0.6) is 0 Å². The number of nitrogens with zero attached hydrogens (tertiary/aromatic N) is 2. The van der Waals surface area contributed by atoms with Crippen LogP contribution in [0.3, 0.4) is 0 Å². The lowest BCUT2D eigenvalue weighted by atomic mass is 10.1. The molecule has 2 heterocycles. The highest BCUT2D eigenvalue weighted by Crippen LogP contribution is 2.27. The van der Waals surface area contributed by atoms with E-state index >= 15 is 0 Å². The highest BCUT2D eigenvalue weighted by Gasteiger charge is 2.19. The van der Waals surface area contributed by atoms with Gasteiger partial charge in [-0.2, -0.15) is 5.10 Å². The predicted molar refractivity (Wildman–Crippen MR) is 81.2 cm³/mol. The lowest BCUT2D eigenvalue weighted by molar-refractivity contribution is 0.342. The second kappa shape index (κ2) is 5.47. The monoisotopic (exact) mass is 319 g/mol. The van der Waals surface area contributed by atoms with Crippen LogP contribution in [-0.2, 0) is 0 Å². The van der Waals surface area contributed by atoms with Crippen molar-refractivity contribution in [1.82, 2.24) is 15.1 Å². The summed E-state index contributed by atoms with van der Waals surface area (Å²) in [6, 6.07) is 8.93. The van der Waals surface area contributed by atoms with Crippen molar-refractivity contribution < 1.29 is 0 Å². The molecule has 3 nitrogen and oxygen atoms in total. The van der Waals surface area contributed by atoms with Crippen LogP contribution in [0.25, 0.3) is 11.1 Å². The Hall–Kier alpha value is -1.13. The van der Waals surface area contributed by atoms with E-state index < -0.39 is 0 Å². The third-order valence-electron chi connectivity index (χ3n) is 3.82. The van der Waals surface area contributed by atoms with E-state index in [1.165, 1.54) is 29.7 Å². The van der Waals surface area contributed by atoms with Crippen LogP contribution in [0.2, 0.25) is 0 Å². The van der Waals surface area contributed by atoms with Crippen LogP contribution < -0.4 is 5.32 Å². The Morgan fingerprint density at radius 2 is 2.11 bits per heavy atom. The topological polar surface area (TPSA) is 29.9 Å². The Kier molecular flexibility index (Phi) is 3.71. The number of hydrogen-bond donors (Lipinski definition) is 1. The van der Waals surface area contributed by atoms with Gasteiger partial charge in [0.1, 0.15) is 0 Å². The first kappa shape index (κ1) is 12.9.